The number of para-hydroxylation sites is 1. The van der Waals surface area contributed by atoms with Crippen LogP contribution in [0.2, 0.25) is 0 Å². The van der Waals surface area contributed by atoms with E-state index in [9.17, 15) is 14.4 Å². The van der Waals surface area contributed by atoms with Gasteiger partial charge >= 0.3 is 12.1 Å². The van der Waals surface area contributed by atoms with E-state index in [4.69, 9.17) is 9.47 Å². The smallest absolute Gasteiger partial charge is 0.407 e. The summed E-state index contributed by atoms with van der Waals surface area (Å²) in [7, 11) is 0. The van der Waals surface area contributed by atoms with Crippen molar-refractivity contribution in [2.24, 2.45) is 0 Å². The maximum absolute atomic E-state index is 13.0. The Morgan fingerprint density at radius 2 is 1.39 bits per heavy atom. The molecule has 1 aromatic heterocycles. The van der Waals surface area contributed by atoms with E-state index in [2.05, 4.69) is 15.6 Å². The van der Waals surface area contributed by atoms with Gasteiger partial charge in [-0.15, -0.1) is 0 Å². The summed E-state index contributed by atoms with van der Waals surface area (Å²) in [5.41, 5.74) is 3.46. The summed E-state index contributed by atoms with van der Waals surface area (Å²) in [4.78, 5) is 40.7. The lowest BCUT2D eigenvalue weighted by Gasteiger charge is -2.18. The third kappa shape index (κ3) is 6.96. The number of esters is 1. The molecule has 8 heteroatoms. The molecule has 0 spiro atoms. The van der Waals surface area contributed by atoms with E-state index in [1.54, 1.807) is 0 Å². The highest BCUT2D eigenvalue weighted by molar-refractivity contribution is 5.89. The van der Waals surface area contributed by atoms with E-state index in [1.807, 2.05) is 91.1 Å². The van der Waals surface area contributed by atoms with Crippen molar-refractivity contribution in [2.75, 3.05) is 6.54 Å². The fraction of sp³-hybridized carbons (Fsp3) is 0.179. The van der Waals surface area contributed by atoms with Gasteiger partial charge < -0.3 is 25.1 Å². The van der Waals surface area contributed by atoms with Crippen molar-refractivity contribution in [1.82, 2.24) is 15.6 Å². The molecule has 36 heavy (non-hydrogen) atoms. The van der Waals surface area contributed by atoms with Crippen molar-refractivity contribution >= 4 is 28.9 Å². The minimum absolute atomic E-state index is 0.0866. The fourth-order valence-corrected chi connectivity index (χ4v) is 3.71. The molecule has 0 bridgehead atoms. The van der Waals surface area contributed by atoms with Gasteiger partial charge in [0.15, 0.2) is 0 Å². The number of aromatic amines is 1. The largest absolute Gasteiger partial charge is 0.459 e. The second kappa shape index (κ2) is 12.2. The number of H-pyrrole nitrogens is 1. The minimum Gasteiger partial charge on any atom is -0.459 e. The summed E-state index contributed by atoms with van der Waals surface area (Å²) in [5, 5.41) is 6.05. The topological polar surface area (TPSA) is 110 Å². The molecule has 0 aliphatic rings. The average Bonchev–Trinajstić information content (AvgIpc) is 3.33. The number of alkyl carbamates (subject to hydrolysis) is 1. The predicted molar refractivity (Wildman–Crippen MR) is 135 cm³/mol. The molecule has 4 rings (SSSR count). The maximum Gasteiger partial charge on any atom is 0.407 e. The normalized spacial score (nSPS) is 11.4. The molecule has 0 radical (unpaired) electrons. The Hall–Kier alpha value is -4.59. The molecule has 3 aromatic carbocycles. The standard InChI is InChI=1S/C28H27N3O5/c32-26(17-30-28(34)36-19-21-11-5-2-6-12-21)31-25(27(33)35-18-20-9-3-1-4-10-20)15-22-16-29-24-14-8-7-13-23(22)24/h1-14,16,25,29H,15,17-19H2,(H,30,34)(H,31,32)/t25-/m0/s1. The average molecular weight is 486 g/mol. The Morgan fingerprint density at radius 3 is 2.08 bits per heavy atom. The fourth-order valence-electron chi connectivity index (χ4n) is 3.71. The van der Waals surface area contributed by atoms with Crippen LogP contribution in [0.5, 0.6) is 0 Å². The van der Waals surface area contributed by atoms with Crippen LogP contribution in [0.3, 0.4) is 0 Å². The van der Waals surface area contributed by atoms with Gasteiger partial charge in [-0.3, -0.25) is 4.79 Å². The molecule has 3 N–H and O–H groups in total. The Labute approximate surface area is 208 Å². The van der Waals surface area contributed by atoms with Gasteiger partial charge in [-0.05, 0) is 22.8 Å². The molecule has 0 fully saturated rings. The number of fused-ring (bicyclic) bond motifs is 1. The minimum atomic E-state index is -0.942. The number of rotatable bonds is 10. The third-order valence-corrected chi connectivity index (χ3v) is 5.55. The van der Waals surface area contributed by atoms with Gasteiger partial charge in [0.05, 0.1) is 0 Å². The molecular formula is C28H27N3O5. The van der Waals surface area contributed by atoms with Crippen LogP contribution < -0.4 is 10.6 Å². The zero-order valence-corrected chi connectivity index (χ0v) is 19.6. The first kappa shape index (κ1) is 24.5. The van der Waals surface area contributed by atoms with E-state index >= 15 is 0 Å². The van der Waals surface area contributed by atoms with Crippen molar-refractivity contribution in [3.05, 3.63) is 108 Å². The molecule has 8 nitrogen and oxygen atoms in total. The lowest BCUT2D eigenvalue weighted by atomic mass is 10.0. The molecule has 1 heterocycles. The molecule has 184 valence electrons. The number of aromatic nitrogens is 1. The van der Waals surface area contributed by atoms with Crippen molar-refractivity contribution in [2.45, 2.75) is 25.7 Å². The van der Waals surface area contributed by atoms with Gasteiger partial charge in [-0.25, -0.2) is 9.59 Å². The zero-order chi connectivity index (χ0) is 25.2. The number of amides is 2. The summed E-state index contributed by atoms with van der Waals surface area (Å²) in [6.45, 7) is -0.169. The highest BCUT2D eigenvalue weighted by atomic mass is 16.5. The van der Waals surface area contributed by atoms with E-state index in [0.717, 1.165) is 27.6 Å². The van der Waals surface area contributed by atoms with Gasteiger partial charge in [0.1, 0.15) is 25.8 Å². The van der Waals surface area contributed by atoms with Gasteiger partial charge in [0.2, 0.25) is 5.91 Å². The predicted octanol–water partition coefficient (Wildman–Crippen LogP) is 3.87. The quantitative estimate of drug-likeness (QED) is 0.296. The van der Waals surface area contributed by atoms with Crippen molar-refractivity contribution in [1.29, 1.82) is 0 Å². The van der Waals surface area contributed by atoms with Gasteiger partial charge in [-0.1, -0.05) is 78.9 Å². The Balaban J connectivity index is 1.36. The first-order valence-corrected chi connectivity index (χ1v) is 11.6. The number of ether oxygens (including phenoxy) is 2. The van der Waals surface area contributed by atoms with Gasteiger partial charge in [0.25, 0.3) is 0 Å². The Kier molecular flexibility index (Phi) is 8.32. The van der Waals surface area contributed by atoms with Crippen LogP contribution in [0.4, 0.5) is 4.79 Å². The summed E-state index contributed by atoms with van der Waals surface area (Å²) >= 11 is 0. The van der Waals surface area contributed by atoms with E-state index < -0.39 is 24.0 Å². The van der Waals surface area contributed by atoms with Crippen molar-refractivity contribution in [3.8, 4) is 0 Å². The van der Waals surface area contributed by atoms with Crippen LogP contribution in [-0.2, 0) is 38.7 Å². The summed E-state index contributed by atoms with van der Waals surface area (Å²) in [6.07, 6.45) is 1.31. The monoisotopic (exact) mass is 485 g/mol. The summed E-state index contributed by atoms with van der Waals surface area (Å²) in [5.74, 6) is -1.10. The number of hydrogen-bond acceptors (Lipinski definition) is 5. The molecule has 0 unspecified atom stereocenters. The van der Waals surface area contributed by atoms with Crippen LogP contribution in [0.1, 0.15) is 16.7 Å². The first-order chi connectivity index (χ1) is 17.6. The second-order valence-corrected chi connectivity index (χ2v) is 8.19. The SMILES string of the molecule is O=C(CNC(=O)OCc1ccccc1)N[C@@H](Cc1c[nH]c2ccccc12)C(=O)OCc1ccccc1. The summed E-state index contributed by atoms with van der Waals surface area (Å²) in [6, 6.07) is 25.3. The van der Waals surface area contributed by atoms with E-state index in [0.29, 0.717) is 0 Å². The van der Waals surface area contributed by atoms with Crippen molar-refractivity contribution < 1.29 is 23.9 Å². The van der Waals surface area contributed by atoms with E-state index in [1.165, 1.54) is 0 Å². The van der Waals surface area contributed by atoms with Crippen LogP contribution in [-0.4, -0.2) is 35.5 Å². The number of hydrogen-bond donors (Lipinski definition) is 3. The van der Waals surface area contributed by atoms with Crippen LogP contribution in [0.25, 0.3) is 10.9 Å². The lowest BCUT2D eigenvalue weighted by Crippen LogP contribution is -2.47. The third-order valence-electron chi connectivity index (χ3n) is 5.55. The number of carbonyl (C=O) groups excluding carboxylic acids is 3. The number of nitrogens with one attached hydrogen (secondary N) is 3. The van der Waals surface area contributed by atoms with E-state index in [-0.39, 0.29) is 26.2 Å². The molecule has 1 atom stereocenters. The molecule has 2 amide bonds. The van der Waals surface area contributed by atoms with Gasteiger partial charge in [-0.2, -0.15) is 0 Å². The zero-order valence-electron chi connectivity index (χ0n) is 19.6. The lowest BCUT2D eigenvalue weighted by molar-refractivity contribution is -0.149. The second-order valence-electron chi connectivity index (χ2n) is 8.19. The van der Waals surface area contributed by atoms with Crippen molar-refractivity contribution in [3.63, 3.8) is 0 Å². The number of carbonyl (C=O) groups is 3. The molecule has 0 saturated heterocycles. The summed E-state index contributed by atoms with van der Waals surface area (Å²) < 4.78 is 10.6. The van der Waals surface area contributed by atoms with Crippen LogP contribution >= 0.6 is 0 Å². The van der Waals surface area contributed by atoms with Gasteiger partial charge in [0, 0.05) is 23.5 Å². The molecular weight excluding hydrogens is 458 g/mol. The first-order valence-electron chi connectivity index (χ1n) is 11.6. The number of benzene rings is 3. The highest BCUT2D eigenvalue weighted by Gasteiger charge is 2.24. The maximum atomic E-state index is 13.0. The Morgan fingerprint density at radius 1 is 0.778 bits per heavy atom. The highest BCUT2D eigenvalue weighted by Crippen LogP contribution is 2.19. The molecule has 0 aliphatic carbocycles. The van der Waals surface area contributed by atoms with Crippen LogP contribution in [0, 0.1) is 0 Å². The molecule has 0 saturated carbocycles. The Bertz CT molecular complexity index is 1300. The van der Waals surface area contributed by atoms with Crippen LogP contribution in [0.15, 0.2) is 91.1 Å². The molecule has 0 aliphatic heterocycles. The molecule has 4 aromatic rings.